The SMILES string of the molecule is COc1ccc(-c2cc(NC(=O)Cc3cn4ccsc4n3)ccc2OC)cc1. The van der Waals surface area contributed by atoms with Gasteiger partial charge in [0.25, 0.3) is 0 Å². The number of aromatic nitrogens is 2. The zero-order valence-corrected chi connectivity index (χ0v) is 16.3. The number of rotatable bonds is 6. The number of hydrogen-bond donors (Lipinski definition) is 1. The van der Waals surface area contributed by atoms with Gasteiger partial charge in [-0.15, -0.1) is 11.3 Å². The highest BCUT2D eigenvalue weighted by Crippen LogP contribution is 2.33. The molecule has 0 bridgehead atoms. The Morgan fingerprint density at radius 2 is 1.96 bits per heavy atom. The minimum atomic E-state index is -0.114. The first-order valence-electron chi connectivity index (χ1n) is 8.69. The number of imidazole rings is 1. The van der Waals surface area contributed by atoms with Crippen molar-refractivity contribution < 1.29 is 14.3 Å². The van der Waals surface area contributed by atoms with Crippen molar-refractivity contribution in [1.29, 1.82) is 0 Å². The van der Waals surface area contributed by atoms with Gasteiger partial charge in [0.05, 0.1) is 26.3 Å². The van der Waals surface area contributed by atoms with E-state index < -0.39 is 0 Å². The molecule has 28 heavy (non-hydrogen) atoms. The molecule has 0 aliphatic rings. The van der Waals surface area contributed by atoms with Crippen LogP contribution in [0.25, 0.3) is 16.1 Å². The molecule has 7 heteroatoms. The van der Waals surface area contributed by atoms with Crippen LogP contribution >= 0.6 is 11.3 Å². The monoisotopic (exact) mass is 393 g/mol. The number of nitrogens with zero attached hydrogens (tertiary/aromatic N) is 2. The highest BCUT2D eigenvalue weighted by atomic mass is 32.1. The first-order chi connectivity index (χ1) is 13.7. The number of hydrogen-bond acceptors (Lipinski definition) is 5. The molecule has 142 valence electrons. The average Bonchev–Trinajstić information content (AvgIpc) is 3.29. The quantitative estimate of drug-likeness (QED) is 0.532. The third-order valence-corrected chi connectivity index (χ3v) is 5.14. The van der Waals surface area contributed by atoms with E-state index >= 15 is 0 Å². The standard InChI is InChI=1S/C21H19N3O3S/c1-26-17-6-3-14(4-7-17)18-11-15(5-8-19(18)27-2)22-20(25)12-16-13-24-9-10-28-21(24)23-16/h3-11,13H,12H2,1-2H3,(H,22,25). The summed E-state index contributed by atoms with van der Waals surface area (Å²) in [7, 11) is 3.26. The van der Waals surface area contributed by atoms with Crippen molar-refractivity contribution in [3.8, 4) is 22.6 Å². The Morgan fingerprint density at radius 3 is 2.68 bits per heavy atom. The molecule has 0 spiro atoms. The Kier molecular flexibility index (Phi) is 4.99. The van der Waals surface area contributed by atoms with Gasteiger partial charge in [-0.2, -0.15) is 0 Å². The summed E-state index contributed by atoms with van der Waals surface area (Å²) in [4.78, 5) is 17.8. The molecule has 1 amide bonds. The van der Waals surface area contributed by atoms with Crippen LogP contribution in [0.15, 0.2) is 60.2 Å². The van der Waals surface area contributed by atoms with Gasteiger partial charge in [-0.3, -0.25) is 9.20 Å². The first kappa shape index (κ1) is 18.1. The molecule has 2 heterocycles. The zero-order valence-electron chi connectivity index (χ0n) is 15.5. The van der Waals surface area contributed by atoms with E-state index in [9.17, 15) is 4.79 Å². The molecular formula is C21H19N3O3S. The lowest BCUT2D eigenvalue weighted by molar-refractivity contribution is -0.115. The topological polar surface area (TPSA) is 64.9 Å². The van der Waals surface area contributed by atoms with Crippen molar-refractivity contribution in [1.82, 2.24) is 9.38 Å². The van der Waals surface area contributed by atoms with Gasteiger partial charge in [0, 0.05) is 29.0 Å². The summed E-state index contributed by atoms with van der Waals surface area (Å²) in [6, 6.07) is 13.3. The lowest BCUT2D eigenvalue weighted by Gasteiger charge is -2.12. The Hall–Kier alpha value is -3.32. The Morgan fingerprint density at radius 1 is 1.14 bits per heavy atom. The molecule has 0 saturated heterocycles. The molecule has 2 aromatic heterocycles. The Balaban J connectivity index is 1.53. The molecule has 0 aliphatic heterocycles. The third-order valence-electron chi connectivity index (χ3n) is 4.37. The van der Waals surface area contributed by atoms with Crippen LogP contribution in [0.1, 0.15) is 5.69 Å². The number of amides is 1. The molecule has 1 N–H and O–H groups in total. The summed E-state index contributed by atoms with van der Waals surface area (Å²) in [6.45, 7) is 0. The van der Waals surface area contributed by atoms with Crippen LogP contribution in [0.4, 0.5) is 5.69 Å². The van der Waals surface area contributed by atoms with Crippen molar-refractivity contribution in [3.63, 3.8) is 0 Å². The summed E-state index contributed by atoms with van der Waals surface area (Å²) in [5.41, 5.74) is 3.32. The van der Waals surface area contributed by atoms with Crippen LogP contribution in [0.5, 0.6) is 11.5 Å². The first-order valence-corrected chi connectivity index (χ1v) is 9.57. The number of carbonyl (C=O) groups excluding carboxylic acids is 1. The van der Waals surface area contributed by atoms with Crippen molar-refractivity contribution in [3.05, 3.63) is 65.9 Å². The van der Waals surface area contributed by atoms with E-state index in [1.807, 2.05) is 64.6 Å². The zero-order chi connectivity index (χ0) is 19.5. The maximum atomic E-state index is 12.5. The molecule has 0 saturated carbocycles. The lowest BCUT2D eigenvalue weighted by Crippen LogP contribution is -2.14. The highest BCUT2D eigenvalue weighted by Gasteiger charge is 2.12. The largest absolute Gasteiger partial charge is 0.497 e. The summed E-state index contributed by atoms with van der Waals surface area (Å²) in [5, 5.41) is 4.91. The van der Waals surface area contributed by atoms with Gasteiger partial charge in [-0.05, 0) is 35.9 Å². The maximum absolute atomic E-state index is 12.5. The summed E-state index contributed by atoms with van der Waals surface area (Å²) >= 11 is 1.54. The van der Waals surface area contributed by atoms with Crippen LogP contribution in [-0.4, -0.2) is 29.5 Å². The second-order valence-corrected chi connectivity index (χ2v) is 7.07. The van der Waals surface area contributed by atoms with E-state index in [1.54, 1.807) is 25.6 Å². The normalized spacial score (nSPS) is 10.8. The molecular weight excluding hydrogens is 374 g/mol. The van der Waals surface area contributed by atoms with E-state index in [-0.39, 0.29) is 12.3 Å². The van der Waals surface area contributed by atoms with Gasteiger partial charge in [0.15, 0.2) is 4.96 Å². The minimum Gasteiger partial charge on any atom is -0.497 e. The predicted molar refractivity (Wildman–Crippen MR) is 110 cm³/mol. The number of carbonyl (C=O) groups is 1. The van der Waals surface area contributed by atoms with Gasteiger partial charge in [-0.1, -0.05) is 12.1 Å². The van der Waals surface area contributed by atoms with Crippen molar-refractivity contribution in [2.75, 3.05) is 19.5 Å². The van der Waals surface area contributed by atoms with Crippen molar-refractivity contribution in [2.45, 2.75) is 6.42 Å². The Labute approximate surface area is 166 Å². The second-order valence-electron chi connectivity index (χ2n) is 6.19. The van der Waals surface area contributed by atoms with Gasteiger partial charge < -0.3 is 14.8 Å². The number of ether oxygens (including phenoxy) is 2. The summed E-state index contributed by atoms with van der Waals surface area (Å²) in [5.74, 6) is 1.40. The summed E-state index contributed by atoms with van der Waals surface area (Å²) < 4.78 is 12.6. The molecule has 0 radical (unpaired) electrons. The van der Waals surface area contributed by atoms with Gasteiger partial charge in [0.2, 0.25) is 5.91 Å². The molecule has 2 aromatic carbocycles. The molecule has 0 aliphatic carbocycles. The van der Waals surface area contributed by atoms with Crippen LogP contribution in [-0.2, 0) is 11.2 Å². The number of methoxy groups -OCH3 is 2. The van der Waals surface area contributed by atoms with E-state index in [2.05, 4.69) is 10.3 Å². The molecule has 0 unspecified atom stereocenters. The van der Waals surface area contributed by atoms with Gasteiger partial charge in [0.1, 0.15) is 11.5 Å². The van der Waals surface area contributed by atoms with Crippen LogP contribution in [0.3, 0.4) is 0 Å². The van der Waals surface area contributed by atoms with E-state index in [1.165, 1.54) is 0 Å². The van der Waals surface area contributed by atoms with Gasteiger partial charge in [-0.25, -0.2) is 4.98 Å². The lowest BCUT2D eigenvalue weighted by atomic mass is 10.0. The number of nitrogens with one attached hydrogen (secondary N) is 1. The second kappa shape index (κ2) is 7.74. The number of anilines is 1. The average molecular weight is 393 g/mol. The van der Waals surface area contributed by atoms with E-state index in [4.69, 9.17) is 9.47 Å². The number of fused-ring (bicyclic) bond motifs is 1. The van der Waals surface area contributed by atoms with E-state index in [0.717, 1.165) is 33.3 Å². The van der Waals surface area contributed by atoms with Gasteiger partial charge >= 0.3 is 0 Å². The van der Waals surface area contributed by atoms with Crippen molar-refractivity contribution >= 4 is 27.9 Å². The smallest absolute Gasteiger partial charge is 0.230 e. The number of thiazole rings is 1. The van der Waals surface area contributed by atoms with Crippen LogP contribution in [0, 0.1) is 0 Å². The fourth-order valence-corrected chi connectivity index (χ4v) is 3.73. The van der Waals surface area contributed by atoms with E-state index in [0.29, 0.717) is 5.69 Å². The molecule has 0 atom stereocenters. The fourth-order valence-electron chi connectivity index (χ4n) is 3.01. The molecule has 4 rings (SSSR count). The Bertz CT molecular complexity index is 1090. The molecule has 0 fully saturated rings. The molecule has 6 nitrogen and oxygen atoms in total. The van der Waals surface area contributed by atoms with Crippen molar-refractivity contribution in [2.24, 2.45) is 0 Å². The molecule has 4 aromatic rings. The fraction of sp³-hybridized carbons (Fsp3) is 0.143. The van der Waals surface area contributed by atoms with Crippen LogP contribution < -0.4 is 14.8 Å². The summed E-state index contributed by atoms with van der Waals surface area (Å²) in [6.07, 6.45) is 4.03. The highest BCUT2D eigenvalue weighted by molar-refractivity contribution is 7.15. The minimum absolute atomic E-state index is 0.114. The maximum Gasteiger partial charge on any atom is 0.230 e. The van der Waals surface area contributed by atoms with Crippen LogP contribution in [0.2, 0.25) is 0 Å². The number of benzene rings is 2. The third kappa shape index (κ3) is 3.70. The predicted octanol–water partition coefficient (Wildman–Crippen LogP) is 4.26.